The van der Waals surface area contributed by atoms with Crippen LogP contribution in [0.4, 0.5) is 0 Å². The summed E-state index contributed by atoms with van der Waals surface area (Å²) in [4.78, 5) is 27.3. The number of carbonyl (C=O) groups is 2. The average molecular weight is 371 g/mol. The molecule has 1 unspecified atom stereocenters. The first-order valence-corrected chi connectivity index (χ1v) is 9.19. The maximum atomic E-state index is 11.7. The molecule has 10 heteroatoms. The summed E-state index contributed by atoms with van der Waals surface area (Å²) in [6.07, 6.45) is 2.41. The largest absolute Gasteiger partial charge is 0.481 e. The molecule has 6 atom stereocenters. The van der Waals surface area contributed by atoms with Gasteiger partial charge in [-0.3, -0.25) is 14.9 Å². The maximum Gasteiger partial charge on any atom is 0.321 e. The minimum Gasteiger partial charge on any atom is -0.481 e. The highest BCUT2D eigenvalue weighted by molar-refractivity contribution is 8.00. The van der Waals surface area contributed by atoms with Gasteiger partial charge in [-0.15, -0.1) is 11.8 Å². The summed E-state index contributed by atoms with van der Waals surface area (Å²) in [7, 11) is 0. The molecule has 3 rings (SSSR count). The Morgan fingerprint density at radius 1 is 1.44 bits per heavy atom. The van der Waals surface area contributed by atoms with Crippen LogP contribution in [-0.4, -0.2) is 65.6 Å². The number of hydrogen-bond acceptors (Lipinski definition) is 6. The van der Waals surface area contributed by atoms with Gasteiger partial charge in [0.05, 0.1) is 23.8 Å². The van der Waals surface area contributed by atoms with Crippen LogP contribution in [0.25, 0.3) is 0 Å². The fraction of sp³-hybridized carbons (Fsp3) is 0.733. The number of aliphatic carboxylic acids is 2. The predicted octanol–water partition coefficient (Wildman–Crippen LogP) is -1.20. The quantitative estimate of drug-likeness (QED) is 0.459. The van der Waals surface area contributed by atoms with Crippen LogP contribution in [0.15, 0.2) is 12.7 Å². The number of rotatable bonds is 6. The van der Waals surface area contributed by atoms with Crippen molar-refractivity contribution in [2.45, 2.75) is 55.6 Å². The summed E-state index contributed by atoms with van der Waals surface area (Å²) in [5.74, 6) is -3.36. The summed E-state index contributed by atoms with van der Waals surface area (Å²) in [6.45, 7) is 4.77. The Morgan fingerprint density at radius 3 is 2.72 bits per heavy atom. The molecule has 0 radical (unpaired) electrons. The summed E-state index contributed by atoms with van der Waals surface area (Å²) in [5.41, 5.74) is 0. The molecule has 0 bridgehead atoms. The molecule has 138 valence electrons. The van der Waals surface area contributed by atoms with E-state index >= 15 is 0 Å². The van der Waals surface area contributed by atoms with E-state index in [4.69, 9.17) is 0 Å². The number of carboxylic acids is 2. The van der Waals surface area contributed by atoms with E-state index in [1.54, 1.807) is 24.4 Å². The number of aromatic nitrogens is 3. The highest BCUT2D eigenvalue weighted by atomic mass is 32.2. The first-order chi connectivity index (χ1) is 11.8. The van der Waals surface area contributed by atoms with E-state index in [1.165, 1.54) is 6.92 Å². The molecule has 1 saturated heterocycles. The molecule has 1 fully saturated rings. The summed E-state index contributed by atoms with van der Waals surface area (Å²) in [6, 6.07) is -1.43. The molecular weight excluding hydrogens is 348 g/mol. The van der Waals surface area contributed by atoms with Gasteiger partial charge in [-0.1, -0.05) is 6.92 Å². The van der Waals surface area contributed by atoms with Crippen molar-refractivity contribution in [1.82, 2.24) is 15.0 Å². The number of fused-ring (bicyclic) bond motifs is 1. The molecule has 1 aromatic heterocycles. The van der Waals surface area contributed by atoms with Gasteiger partial charge in [0, 0.05) is 11.3 Å². The van der Waals surface area contributed by atoms with Crippen LogP contribution in [-0.2, 0) is 22.7 Å². The average Bonchev–Trinajstić information content (AvgIpc) is 3.15. The first kappa shape index (κ1) is 18.2. The molecule has 1 aromatic rings. The molecule has 0 aliphatic carbocycles. The van der Waals surface area contributed by atoms with Crippen molar-refractivity contribution in [3.8, 4) is 0 Å². The number of aliphatic hydroxyl groups excluding tert-OH is 1. The zero-order valence-electron chi connectivity index (χ0n) is 14.0. The molecule has 0 aromatic carbocycles. The van der Waals surface area contributed by atoms with Crippen LogP contribution in [0, 0.1) is 11.8 Å². The van der Waals surface area contributed by atoms with Gasteiger partial charge in [-0.25, -0.2) is 0 Å². The number of hydrogen-bond donors (Lipinski definition) is 4. The van der Waals surface area contributed by atoms with Crippen LogP contribution in [0.2, 0.25) is 0 Å². The lowest BCUT2D eigenvalue weighted by Gasteiger charge is -2.27. The Bertz CT molecular complexity index is 646. The van der Waals surface area contributed by atoms with E-state index in [0.717, 1.165) is 13.1 Å². The molecule has 0 saturated carbocycles. The Kier molecular flexibility index (Phi) is 5.03. The van der Waals surface area contributed by atoms with Gasteiger partial charge in [0.15, 0.2) is 0 Å². The van der Waals surface area contributed by atoms with Crippen molar-refractivity contribution in [2.24, 2.45) is 11.8 Å². The van der Waals surface area contributed by atoms with Gasteiger partial charge in [0.1, 0.15) is 12.6 Å². The second-order valence-corrected chi connectivity index (χ2v) is 8.30. The molecule has 2 aliphatic heterocycles. The van der Waals surface area contributed by atoms with Crippen molar-refractivity contribution in [1.29, 1.82) is 0 Å². The third kappa shape index (κ3) is 3.38. The zero-order chi connectivity index (χ0) is 18.3. The van der Waals surface area contributed by atoms with Gasteiger partial charge in [-0.05, 0) is 17.8 Å². The topological polar surface area (TPSA) is 129 Å². The van der Waals surface area contributed by atoms with Crippen LogP contribution >= 0.6 is 11.8 Å². The summed E-state index contributed by atoms with van der Waals surface area (Å²) < 4.78 is 3.96. The van der Waals surface area contributed by atoms with Gasteiger partial charge in [0.2, 0.25) is 6.33 Å². The van der Waals surface area contributed by atoms with E-state index in [9.17, 15) is 24.9 Å². The highest BCUT2D eigenvalue weighted by Crippen LogP contribution is 2.38. The van der Waals surface area contributed by atoms with Crippen molar-refractivity contribution >= 4 is 23.7 Å². The molecule has 9 nitrogen and oxygen atoms in total. The number of thioether (sulfide) groups is 1. The van der Waals surface area contributed by atoms with Crippen LogP contribution in [0.5, 0.6) is 0 Å². The summed E-state index contributed by atoms with van der Waals surface area (Å²) >= 11 is 1.58. The lowest BCUT2D eigenvalue weighted by atomic mass is 9.87. The van der Waals surface area contributed by atoms with E-state index in [-0.39, 0.29) is 16.4 Å². The molecule has 4 N–H and O–H groups in total. The standard InChI is InChI=1S/C15H22N4O5S/c1-7-11(10(8(2)20)14(21)22)17-12(15(23)24)13(7)25-9-3-18-5-16-6-19(18)4-9/h5-13,17,20H,3-4H2,1-2H3,(H-,21,22,23,24)/p+1/t7-,8-,10-,11-,12?,13+/m1/s1. The van der Waals surface area contributed by atoms with Crippen LogP contribution in [0.3, 0.4) is 0 Å². The molecule has 2 aliphatic rings. The molecule has 25 heavy (non-hydrogen) atoms. The second kappa shape index (κ2) is 6.93. The van der Waals surface area contributed by atoms with Crippen molar-refractivity contribution in [3.63, 3.8) is 0 Å². The van der Waals surface area contributed by atoms with Gasteiger partial charge < -0.3 is 15.3 Å². The molecule has 3 heterocycles. The Hall–Kier alpha value is -1.65. The number of aliphatic hydroxyl groups is 1. The fourth-order valence-corrected chi connectivity index (χ4v) is 5.56. The SMILES string of the molecule is C[C@@H]1[C@H]([C@H](C(=O)O)[C@@H](C)O)NC(C(=O)O)[C@H]1SC1Cn2cnc[n+]2C1. The number of nitrogens with zero attached hydrogens (tertiary/aromatic N) is 3. The van der Waals surface area contributed by atoms with Crippen LogP contribution < -0.4 is 10.00 Å². The lowest BCUT2D eigenvalue weighted by Crippen LogP contribution is -2.47. The minimum atomic E-state index is -1.12. The van der Waals surface area contributed by atoms with Gasteiger partial charge in [-0.2, -0.15) is 9.36 Å². The smallest absolute Gasteiger partial charge is 0.321 e. The second-order valence-electron chi connectivity index (χ2n) is 6.82. The third-order valence-electron chi connectivity index (χ3n) is 5.10. The first-order valence-electron chi connectivity index (χ1n) is 8.24. The van der Waals surface area contributed by atoms with E-state index in [0.29, 0.717) is 0 Å². The van der Waals surface area contributed by atoms with E-state index in [1.807, 2.05) is 16.3 Å². The lowest BCUT2D eigenvalue weighted by molar-refractivity contribution is -0.758. The Morgan fingerprint density at radius 2 is 2.16 bits per heavy atom. The third-order valence-corrected chi connectivity index (χ3v) is 6.80. The van der Waals surface area contributed by atoms with Gasteiger partial charge in [0.25, 0.3) is 0 Å². The van der Waals surface area contributed by atoms with E-state index in [2.05, 4.69) is 10.3 Å². The number of carboxylic acid groups (broad SMARTS) is 2. The fourth-order valence-electron chi connectivity index (χ4n) is 3.87. The predicted molar refractivity (Wildman–Crippen MR) is 87.9 cm³/mol. The van der Waals surface area contributed by atoms with Crippen LogP contribution in [0.1, 0.15) is 13.8 Å². The Labute approximate surface area is 149 Å². The normalized spacial score (nSPS) is 33.8. The minimum absolute atomic E-state index is 0.202. The zero-order valence-corrected chi connectivity index (χ0v) is 14.8. The summed E-state index contributed by atoms with van der Waals surface area (Å²) in [5, 5.41) is 31.8. The van der Waals surface area contributed by atoms with Gasteiger partial charge >= 0.3 is 18.3 Å². The van der Waals surface area contributed by atoms with E-state index < -0.39 is 36.0 Å². The molecular formula is C15H23N4O5S+. The van der Waals surface area contributed by atoms with Crippen molar-refractivity contribution < 1.29 is 29.6 Å². The van der Waals surface area contributed by atoms with Crippen molar-refractivity contribution in [2.75, 3.05) is 0 Å². The van der Waals surface area contributed by atoms with Crippen molar-refractivity contribution in [3.05, 3.63) is 12.7 Å². The Balaban J connectivity index is 1.76. The molecule has 0 amide bonds. The molecule has 0 spiro atoms. The monoisotopic (exact) mass is 371 g/mol. The maximum absolute atomic E-state index is 11.7. The number of nitrogens with one attached hydrogen (secondary N) is 1. The highest BCUT2D eigenvalue weighted by Gasteiger charge is 2.51.